The summed E-state index contributed by atoms with van der Waals surface area (Å²) < 4.78 is 12.1. The van der Waals surface area contributed by atoms with Gasteiger partial charge in [0, 0.05) is 11.6 Å². The molecule has 2 aromatic rings. The van der Waals surface area contributed by atoms with Crippen LogP contribution in [-0.2, 0) is 11.3 Å². The lowest BCUT2D eigenvalue weighted by Crippen LogP contribution is -2.42. The number of nitrogens with one attached hydrogen (secondary N) is 1. The predicted octanol–water partition coefficient (Wildman–Crippen LogP) is 2.90. The molecular formula is C21H28N2O3. The first-order valence-electron chi connectivity index (χ1n) is 9.65. The third-order valence-electron chi connectivity index (χ3n) is 5.66. The summed E-state index contributed by atoms with van der Waals surface area (Å²) in [4.78, 5) is 4.55. The number of aliphatic hydroxyl groups excluding tert-OH is 1. The molecule has 5 nitrogen and oxygen atoms in total. The van der Waals surface area contributed by atoms with Crippen molar-refractivity contribution in [3.8, 4) is 5.75 Å². The summed E-state index contributed by atoms with van der Waals surface area (Å²) in [5, 5.41) is 15.0. The van der Waals surface area contributed by atoms with E-state index in [2.05, 4.69) is 22.4 Å². The molecule has 0 unspecified atom stereocenters. The fourth-order valence-electron chi connectivity index (χ4n) is 4.23. The van der Waals surface area contributed by atoms with E-state index in [1.807, 2.05) is 26.0 Å². The molecule has 1 aromatic heterocycles. The first kappa shape index (κ1) is 17.7. The topological polar surface area (TPSA) is 63.6 Å². The number of fused-ring (bicyclic) bond motifs is 2. The lowest BCUT2D eigenvalue weighted by molar-refractivity contribution is -0.0225. The van der Waals surface area contributed by atoms with Crippen LogP contribution in [-0.4, -0.2) is 41.5 Å². The normalized spacial score (nSPS) is 28.5. The minimum absolute atomic E-state index is 0.167. The van der Waals surface area contributed by atoms with E-state index in [1.54, 1.807) is 6.20 Å². The van der Waals surface area contributed by atoms with Gasteiger partial charge in [-0.1, -0.05) is 12.1 Å². The molecule has 140 valence electrons. The van der Waals surface area contributed by atoms with E-state index >= 15 is 0 Å². The Morgan fingerprint density at radius 1 is 1.19 bits per heavy atom. The Balaban J connectivity index is 1.57. The van der Waals surface area contributed by atoms with E-state index < -0.39 is 6.10 Å². The van der Waals surface area contributed by atoms with Crippen LogP contribution in [0, 0.1) is 11.8 Å². The van der Waals surface area contributed by atoms with Crippen molar-refractivity contribution in [3.05, 3.63) is 36.0 Å². The largest absolute Gasteiger partial charge is 0.485 e. The van der Waals surface area contributed by atoms with Gasteiger partial charge in [0.2, 0.25) is 0 Å². The van der Waals surface area contributed by atoms with E-state index in [0.717, 1.165) is 48.1 Å². The molecular weight excluding hydrogens is 328 g/mol. The van der Waals surface area contributed by atoms with Crippen LogP contribution in [0.3, 0.4) is 0 Å². The highest BCUT2D eigenvalue weighted by Gasteiger charge is 2.40. The molecule has 4 rings (SSSR count). The van der Waals surface area contributed by atoms with Crippen molar-refractivity contribution in [1.82, 2.24) is 10.3 Å². The second-order valence-electron chi connectivity index (χ2n) is 7.86. The third kappa shape index (κ3) is 3.56. The average Bonchev–Trinajstić information content (AvgIpc) is 3.08. The average molecular weight is 356 g/mol. The Hall–Kier alpha value is -1.69. The van der Waals surface area contributed by atoms with Gasteiger partial charge in [0.15, 0.2) is 0 Å². The summed E-state index contributed by atoms with van der Waals surface area (Å²) in [7, 11) is 0. The fourth-order valence-corrected chi connectivity index (χ4v) is 4.23. The van der Waals surface area contributed by atoms with Crippen LogP contribution in [0.25, 0.3) is 10.9 Å². The van der Waals surface area contributed by atoms with E-state index in [9.17, 15) is 5.11 Å². The Kier molecular flexibility index (Phi) is 5.11. The number of aromatic nitrogens is 1. The maximum absolute atomic E-state index is 10.6. The van der Waals surface area contributed by atoms with Gasteiger partial charge in [0.1, 0.15) is 17.4 Å². The molecule has 1 aliphatic heterocycles. The van der Waals surface area contributed by atoms with Gasteiger partial charge in [-0.2, -0.15) is 0 Å². The molecule has 1 aliphatic carbocycles. The van der Waals surface area contributed by atoms with Crippen molar-refractivity contribution in [1.29, 1.82) is 0 Å². The van der Waals surface area contributed by atoms with Gasteiger partial charge < -0.3 is 19.9 Å². The second kappa shape index (κ2) is 7.51. The molecule has 1 saturated carbocycles. The zero-order chi connectivity index (χ0) is 18.1. The second-order valence-corrected chi connectivity index (χ2v) is 7.86. The molecule has 0 spiro atoms. The number of hydrogen-bond acceptors (Lipinski definition) is 5. The minimum Gasteiger partial charge on any atom is -0.485 e. The van der Waals surface area contributed by atoms with Crippen molar-refractivity contribution >= 4 is 10.9 Å². The highest BCUT2D eigenvalue weighted by atomic mass is 16.5. The van der Waals surface area contributed by atoms with E-state index in [4.69, 9.17) is 9.47 Å². The quantitative estimate of drug-likeness (QED) is 0.862. The highest BCUT2D eigenvalue weighted by Crippen LogP contribution is 2.36. The third-order valence-corrected chi connectivity index (χ3v) is 5.66. The summed E-state index contributed by atoms with van der Waals surface area (Å²) in [6.45, 7) is 6.67. The maximum atomic E-state index is 10.6. The number of hydrogen-bond donors (Lipinski definition) is 2. The van der Waals surface area contributed by atoms with Crippen LogP contribution in [0.2, 0.25) is 0 Å². The van der Waals surface area contributed by atoms with Gasteiger partial charge in [-0.05, 0) is 69.3 Å². The number of aliphatic hydroxyl groups is 1. The summed E-state index contributed by atoms with van der Waals surface area (Å²) >= 11 is 0. The number of ether oxygens (including phenoxy) is 2. The zero-order valence-electron chi connectivity index (χ0n) is 15.5. The standard InChI is InChI=1S/C21H28N2O3/c1-13(2)25-12-14-5-6-19(21-17(14)4-3-7-23-21)26-20-9-16-11-22-10-15(16)8-18(20)24/h3-7,13,15-16,18,20,22,24H,8-12H2,1-2H3/t15-,16+,18+,20+/m0/s1. The van der Waals surface area contributed by atoms with Crippen LogP contribution in [0.1, 0.15) is 32.3 Å². The van der Waals surface area contributed by atoms with Crippen LogP contribution >= 0.6 is 0 Å². The van der Waals surface area contributed by atoms with Crippen molar-refractivity contribution in [3.63, 3.8) is 0 Å². The Morgan fingerprint density at radius 2 is 2.00 bits per heavy atom. The number of nitrogens with zero attached hydrogens (tertiary/aromatic N) is 1. The molecule has 0 radical (unpaired) electrons. The molecule has 1 saturated heterocycles. The first-order chi connectivity index (χ1) is 12.6. The fraction of sp³-hybridized carbons (Fsp3) is 0.571. The van der Waals surface area contributed by atoms with Crippen molar-refractivity contribution in [2.75, 3.05) is 13.1 Å². The number of benzene rings is 1. The maximum Gasteiger partial charge on any atom is 0.146 e. The summed E-state index contributed by atoms with van der Waals surface area (Å²) in [6.07, 6.45) is 3.09. The van der Waals surface area contributed by atoms with Crippen molar-refractivity contribution < 1.29 is 14.6 Å². The predicted molar refractivity (Wildman–Crippen MR) is 101 cm³/mol. The number of rotatable bonds is 5. The van der Waals surface area contributed by atoms with Gasteiger partial charge in [0.25, 0.3) is 0 Å². The van der Waals surface area contributed by atoms with Crippen LogP contribution in [0.4, 0.5) is 0 Å². The Bertz CT molecular complexity index is 764. The van der Waals surface area contributed by atoms with Gasteiger partial charge in [-0.3, -0.25) is 4.98 Å². The SMILES string of the molecule is CC(C)OCc1ccc(O[C@@H]2C[C@@H]3CNC[C@@H]3C[C@H]2O)c2ncccc12. The molecule has 1 aromatic carbocycles. The van der Waals surface area contributed by atoms with E-state index in [-0.39, 0.29) is 12.2 Å². The van der Waals surface area contributed by atoms with Gasteiger partial charge in [0.05, 0.1) is 18.8 Å². The molecule has 0 bridgehead atoms. The zero-order valence-corrected chi connectivity index (χ0v) is 15.5. The summed E-state index contributed by atoms with van der Waals surface area (Å²) in [5.41, 5.74) is 1.95. The first-order valence-corrected chi connectivity index (χ1v) is 9.65. The lowest BCUT2D eigenvalue weighted by atomic mass is 9.78. The molecule has 2 fully saturated rings. The summed E-state index contributed by atoms with van der Waals surface area (Å²) in [5.74, 6) is 1.93. The van der Waals surface area contributed by atoms with Crippen LogP contribution in [0.5, 0.6) is 5.75 Å². The van der Waals surface area contributed by atoms with Crippen LogP contribution in [0.15, 0.2) is 30.5 Å². The Morgan fingerprint density at radius 3 is 2.81 bits per heavy atom. The Labute approximate surface area is 154 Å². The smallest absolute Gasteiger partial charge is 0.146 e. The van der Waals surface area contributed by atoms with Gasteiger partial charge >= 0.3 is 0 Å². The van der Waals surface area contributed by atoms with Crippen LogP contribution < -0.4 is 10.1 Å². The minimum atomic E-state index is -0.418. The molecule has 26 heavy (non-hydrogen) atoms. The lowest BCUT2D eigenvalue weighted by Gasteiger charge is -2.35. The molecule has 2 N–H and O–H groups in total. The highest BCUT2D eigenvalue weighted by molar-refractivity contribution is 5.87. The molecule has 0 amide bonds. The van der Waals surface area contributed by atoms with Crippen molar-refractivity contribution in [2.45, 2.75) is 51.6 Å². The molecule has 4 atom stereocenters. The van der Waals surface area contributed by atoms with Crippen molar-refractivity contribution in [2.24, 2.45) is 11.8 Å². The molecule has 2 aliphatic rings. The molecule has 5 heteroatoms. The van der Waals surface area contributed by atoms with Gasteiger partial charge in [-0.25, -0.2) is 0 Å². The van der Waals surface area contributed by atoms with Gasteiger partial charge in [-0.15, -0.1) is 0 Å². The molecule has 2 heterocycles. The van der Waals surface area contributed by atoms with E-state index in [1.165, 1.54) is 0 Å². The number of pyridine rings is 1. The monoisotopic (exact) mass is 356 g/mol. The van der Waals surface area contributed by atoms with E-state index in [0.29, 0.717) is 18.4 Å². The summed E-state index contributed by atoms with van der Waals surface area (Å²) in [6, 6.07) is 8.02.